The average Bonchev–Trinajstić information content (AvgIpc) is 3.06. The van der Waals surface area contributed by atoms with Gasteiger partial charge in [0.05, 0.1) is 7.11 Å². The van der Waals surface area contributed by atoms with Crippen LogP contribution in [0.15, 0.2) is 72.8 Å². The highest BCUT2D eigenvalue weighted by Gasteiger charge is 2.34. The Hall–Kier alpha value is -3.94. The van der Waals surface area contributed by atoms with Crippen LogP contribution in [0.3, 0.4) is 0 Å². The molecule has 8 heteroatoms. The maximum absolute atomic E-state index is 13.0. The number of para-hydroxylation sites is 1. The highest BCUT2D eigenvalue weighted by Crippen LogP contribution is 2.23. The molecule has 0 saturated heterocycles. The van der Waals surface area contributed by atoms with Gasteiger partial charge in [-0.3, -0.25) is 4.90 Å². The number of carbonyl (C=O) groups is 2. The van der Waals surface area contributed by atoms with Crippen LogP contribution >= 0.6 is 0 Å². The van der Waals surface area contributed by atoms with E-state index in [1.54, 1.807) is 30.3 Å². The average molecular weight is 396 g/mol. The van der Waals surface area contributed by atoms with Crippen molar-refractivity contribution in [1.82, 2.24) is 4.73 Å². The first-order chi connectivity index (χ1) is 14.0. The molecule has 1 amide bonds. The highest BCUT2D eigenvalue weighted by molar-refractivity contribution is 5.96. The molecule has 0 bridgehead atoms. The van der Waals surface area contributed by atoms with Gasteiger partial charge < -0.3 is 19.8 Å². The lowest BCUT2D eigenvalue weighted by Gasteiger charge is -2.29. The van der Waals surface area contributed by atoms with Crippen molar-refractivity contribution in [3.63, 3.8) is 0 Å². The fourth-order valence-electron chi connectivity index (χ4n) is 2.86. The second-order valence-corrected chi connectivity index (χ2v) is 6.14. The minimum absolute atomic E-state index is 0.118. The van der Waals surface area contributed by atoms with Crippen molar-refractivity contribution in [2.75, 3.05) is 12.0 Å². The number of hydrogen-bond acceptors (Lipinski definition) is 6. The van der Waals surface area contributed by atoms with Crippen molar-refractivity contribution in [3.05, 3.63) is 78.4 Å². The van der Waals surface area contributed by atoms with E-state index in [1.807, 2.05) is 30.3 Å². The molecule has 0 fully saturated rings. The molecular formula is C21H20N2O6. The molecule has 0 saturated carbocycles. The summed E-state index contributed by atoms with van der Waals surface area (Å²) in [6.45, 7) is 0. The Bertz CT molecular complexity index is 952. The third-order valence-electron chi connectivity index (χ3n) is 4.24. The number of hydrogen-bond donors (Lipinski definition) is 2. The first kappa shape index (κ1) is 19.8. The Kier molecular flexibility index (Phi) is 6.03. The summed E-state index contributed by atoms with van der Waals surface area (Å²) in [5, 5.41) is 19.6. The molecule has 1 atom stereocenters. The van der Waals surface area contributed by atoms with Crippen LogP contribution in [0.5, 0.6) is 11.8 Å². The number of carbonyl (C=O) groups excluding carboxylic acids is 2. The van der Waals surface area contributed by atoms with Crippen LogP contribution in [-0.2, 0) is 16.0 Å². The molecule has 0 aliphatic heterocycles. The normalized spacial score (nSPS) is 11.5. The summed E-state index contributed by atoms with van der Waals surface area (Å²) in [6.07, 6.45) is -0.637. The third-order valence-corrected chi connectivity index (χ3v) is 4.24. The largest absolute Gasteiger partial charge is 0.492 e. The zero-order chi connectivity index (χ0) is 20.8. The molecule has 0 radical (unpaired) electrons. The van der Waals surface area contributed by atoms with Gasteiger partial charge in [-0.25, -0.2) is 9.59 Å². The molecule has 1 heterocycles. The fourth-order valence-corrected chi connectivity index (χ4v) is 2.86. The van der Waals surface area contributed by atoms with Crippen LogP contribution in [0.2, 0.25) is 0 Å². The third kappa shape index (κ3) is 4.49. The Morgan fingerprint density at radius 1 is 0.931 bits per heavy atom. The summed E-state index contributed by atoms with van der Waals surface area (Å²) in [6, 6.07) is 18.8. The van der Waals surface area contributed by atoms with E-state index in [0.717, 1.165) is 5.56 Å². The van der Waals surface area contributed by atoms with E-state index in [2.05, 4.69) is 0 Å². The smallest absolute Gasteiger partial charge is 0.414 e. The number of amides is 1. The summed E-state index contributed by atoms with van der Waals surface area (Å²) in [5.41, 5.74) is 1.21. The molecule has 0 aliphatic rings. The van der Waals surface area contributed by atoms with Gasteiger partial charge in [-0.05, 0) is 17.7 Å². The fraction of sp³-hybridized carbons (Fsp3) is 0.143. The van der Waals surface area contributed by atoms with Crippen molar-refractivity contribution >= 4 is 17.7 Å². The second-order valence-electron chi connectivity index (χ2n) is 6.14. The summed E-state index contributed by atoms with van der Waals surface area (Å²) >= 11 is 0. The summed E-state index contributed by atoms with van der Waals surface area (Å²) in [4.78, 5) is 32.0. The van der Waals surface area contributed by atoms with Gasteiger partial charge in [-0.1, -0.05) is 48.5 Å². The predicted molar refractivity (Wildman–Crippen MR) is 105 cm³/mol. The van der Waals surface area contributed by atoms with Crippen molar-refractivity contribution < 1.29 is 29.4 Å². The van der Waals surface area contributed by atoms with Gasteiger partial charge in [0.15, 0.2) is 0 Å². The van der Waals surface area contributed by atoms with Crippen LogP contribution in [0, 0.1) is 0 Å². The Balaban J connectivity index is 2.00. The van der Waals surface area contributed by atoms with Crippen LogP contribution in [0.1, 0.15) is 5.56 Å². The topological polar surface area (TPSA) is 101 Å². The maximum Gasteiger partial charge on any atom is 0.414 e. The van der Waals surface area contributed by atoms with Crippen LogP contribution < -0.4 is 9.74 Å². The molecular weight excluding hydrogens is 376 g/mol. The van der Waals surface area contributed by atoms with E-state index in [1.165, 1.54) is 24.1 Å². The lowest BCUT2D eigenvalue weighted by atomic mass is 10.0. The van der Waals surface area contributed by atoms with E-state index in [4.69, 9.17) is 9.57 Å². The first-order valence-electron chi connectivity index (χ1n) is 8.79. The molecule has 0 unspecified atom stereocenters. The van der Waals surface area contributed by atoms with Crippen LogP contribution in [0.4, 0.5) is 10.5 Å². The SMILES string of the molecule is COC(=O)N(c1ccccc1)[C@@H](Cc1ccccc1)C(=O)On1c(O)ccc1O. The van der Waals surface area contributed by atoms with Crippen molar-refractivity contribution in [2.45, 2.75) is 12.5 Å². The number of rotatable bonds is 6. The van der Waals surface area contributed by atoms with Crippen molar-refractivity contribution in [2.24, 2.45) is 0 Å². The van der Waals surface area contributed by atoms with Crippen LogP contribution in [-0.4, -0.2) is 40.2 Å². The number of anilines is 1. The molecule has 1 aromatic heterocycles. The Morgan fingerprint density at radius 2 is 1.48 bits per heavy atom. The summed E-state index contributed by atoms with van der Waals surface area (Å²) in [5.74, 6) is -1.79. The van der Waals surface area contributed by atoms with Crippen molar-refractivity contribution in [1.29, 1.82) is 0 Å². The van der Waals surface area contributed by atoms with Crippen LogP contribution in [0.25, 0.3) is 0 Å². The molecule has 3 rings (SSSR count). The quantitative estimate of drug-likeness (QED) is 0.664. The zero-order valence-corrected chi connectivity index (χ0v) is 15.6. The summed E-state index contributed by atoms with van der Waals surface area (Å²) in [7, 11) is 1.22. The number of aromatic nitrogens is 1. The zero-order valence-electron chi connectivity index (χ0n) is 15.6. The monoisotopic (exact) mass is 396 g/mol. The van der Waals surface area contributed by atoms with Gasteiger partial charge in [0.25, 0.3) is 0 Å². The number of aromatic hydroxyl groups is 2. The maximum atomic E-state index is 13.0. The molecule has 8 nitrogen and oxygen atoms in total. The second kappa shape index (κ2) is 8.83. The molecule has 2 N–H and O–H groups in total. The van der Waals surface area contributed by atoms with E-state index < -0.39 is 29.9 Å². The van der Waals surface area contributed by atoms with Gasteiger partial charge >= 0.3 is 12.1 Å². The Morgan fingerprint density at radius 3 is 2.03 bits per heavy atom. The van der Waals surface area contributed by atoms with E-state index in [0.29, 0.717) is 10.4 Å². The van der Waals surface area contributed by atoms with Gasteiger partial charge in [0.2, 0.25) is 11.8 Å². The van der Waals surface area contributed by atoms with E-state index in [-0.39, 0.29) is 6.42 Å². The molecule has 3 aromatic rings. The first-order valence-corrected chi connectivity index (χ1v) is 8.79. The Labute approximate surface area is 167 Å². The summed E-state index contributed by atoms with van der Waals surface area (Å²) < 4.78 is 5.48. The minimum atomic E-state index is -1.13. The van der Waals surface area contributed by atoms with Gasteiger partial charge in [-0.15, -0.1) is 4.73 Å². The highest BCUT2D eigenvalue weighted by atomic mass is 16.7. The van der Waals surface area contributed by atoms with E-state index >= 15 is 0 Å². The van der Waals surface area contributed by atoms with Gasteiger partial charge in [0, 0.05) is 24.2 Å². The standard InChI is InChI=1S/C21H20N2O6/c1-28-21(27)22(16-10-6-3-7-11-16)17(14-15-8-4-2-5-9-15)20(26)29-23-18(24)12-13-19(23)25/h2-13,17,24-25H,14H2,1H3/t17-/m0/s1. The predicted octanol–water partition coefficient (Wildman–Crippen LogP) is 2.74. The molecule has 0 aliphatic carbocycles. The minimum Gasteiger partial charge on any atom is -0.492 e. The van der Waals surface area contributed by atoms with Gasteiger partial charge in [-0.2, -0.15) is 0 Å². The number of methoxy groups -OCH3 is 1. The number of nitrogens with zero attached hydrogens (tertiary/aromatic N) is 2. The van der Waals surface area contributed by atoms with E-state index in [9.17, 15) is 19.8 Å². The number of ether oxygens (including phenoxy) is 1. The molecule has 29 heavy (non-hydrogen) atoms. The lowest BCUT2D eigenvalue weighted by Crippen LogP contribution is -2.49. The molecule has 150 valence electrons. The van der Waals surface area contributed by atoms with Crippen molar-refractivity contribution in [3.8, 4) is 11.8 Å². The molecule has 2 aromatic carbocycles. The number of benzene rings is 2. The lowest BCUT2D eigenvalue weighted by molar-refractivity contribution is -0.147. The molecule has 0 spiro atoms. The van der Waals surface area contributed by atoms with Gasteiger partial charge in [0.1, 0.15) is 6.04 Å².